The molecule has 0 aromatic heterocycles. The van der Waals surface area contributed by atoms with E-state index in [0.29, 0.717) is 23.2 Å². The van der Waals surface area contributed by atoms with Crippen LogP contribution in [0.25, 0.3) is 0 Å². The van der Waals surface area contributed by atoms with Gasteiger partial charge in [0.2, 0.25) is 0 Å². The van der Waals surface area contributed by atoms with Crippen LogP contribution in [0, 0.1) is 5.92 Å². The first-order valence-corrected chi connectivity index (χ1v) is 7.31. The Morgan fingerprint density at radius 1 is 1.21 bits per heavy atom. The van der Waals surface area contributed by atoms with Crippen molar-refractivity contribution in [2.75, 3.05) is 19.7 Å². The Bertz CT molecular complexity index is 356. The summed E-state index contributed by atoms with van der Waals surface area (Å²) in [6.45, 7) is 6.11. The summed E-state index contributed by atoms with van der Waals surface area (Å²) in [5.41, 5.74) is 0. The molecule has 1 aromatic carbocycles. The average Bonchev–Trinajstić information content (AvgIpc) is 2.43. The molecule has 3 nitrogen and oxygen atoms in total. The van der Waals surface area contributed by atoms with Crippen LogP contribution >= 0.6 is 11.6 Å². The minimum atomic E-state index is -0.523. The lowest BCUT2D eigenvalue weighted by atomic mass is 10.0. The van der Waals surface area contributed by atoms with Crippen molar-refractivity contribution in [1.29, 1.82) is 0 Å². The Balaban J connectivity index is 2.21. The highest BCUT2D eigenvalue weighted by atomic mass is 35.5. The minimum absolute atomic E-state index is 0.250. The molecule has 0 saturated heterocycles. The van der Waals surface area contributed by atoms with Crippen molar-refractivity contribution in [1.82, 2.24) is 5.32 Å². The lowest BCUT2D eigenvalue weighted by Crippen LogP contribution is -2.34. The fraction of sp³-hybridized carbons (Fsp3) is 0.600. The smallest absolute Gasteiger partial charge is 0.138 e. The first-order valence-electron chi connectivity index (χ1n) is 6.93. The third kappa shape index (κ3) is 6.28. The number of rotatable bonds is 9. The molecule has 1 unspecified atom stereocenters. The van der Waals surface area contributed by atoms with E-state index < -0.39 is 6.10 Å². The molecule has 1 rings (SSSR count). The molecule has 0 saturated carbocycles. The number of aliphatic hydroxyl groups is 1. The molecule has 108 valence electrons. The highest BCUT2D eigenvalue weighted by molar-refractivity contribution is 6.32. The fourth-order valence-corrected chi connectivity index (χ4v) is 2.03. The molecule has 0 amide bonds. The summed E-state index contributed by atoms with van der Waals surface area (Å²) in [5.74, 6) is 1.29. The van der Waals surface area contributed by atoms with Gasteiger partial charge in [-0.2, -0.15) is 0 Å². The van der Waals surface area contributed by atoms with Crippen LogP contribution in [-0.2, 0) is 0 Å². The largest absolute Gasteiger partial charge is 0.489 e. The van der Waals surface area contributed by atoms with E-state index >= 15 is 0 Å². The highest BCUT2D eigenvalue weighted by Crippen LogP contribution is 2.23. The predicted octanol–water partition coefficient (Wildman–Crippen LogP) is 3.11. The highest BCUT2D eigenvalue weighted by Gasteiger charge is 2.08. The van der Waals surface area contributed by atoms with Gasteiger partial charge in [0.15, 0.2) is 0 Å². The minimum Gasteiger partial charge on any atom is -0.489 e. The van der Waals surface area contributed by atoms with Crippen molar-refractivity contribution in [3.8, 4) is 5.75 Å². The van der Waals surface area contributed by atoms with E-state index in [-0.39, 0.29) is 6.61 Å². The van der Waals surface area contributed by atoms with Crippen molar-refractivity contribution in [2.24, 2.45) is 5.92 Å². The standard InChI is InChI=1S/C15H24ClNO2/c1-3-12(4-2)9-17-10-13(18)11-19-15-8-6-5-7-14(15)16/h5-8,12-13,17-18H,3-4,9-11H2,1-2H3. The normalized spacial score (nSPS) is 12.7. The molecule has 4 heteroatoms. The quantitative estimate of drug-likeness (QED) is 0.732. The molecule has 0 aliphatic rings. The third-order valence-corrected chi connectivity index (χ3v) is 3.55. The molecular formula is C15H24ClNO2. The van der Waals surface area contributed by atoms with Crippen LogP contribution < -0.4 is 10.1 Å². The first kappa shape index (κ1) is 16.3. The molecule has 0 fully saturated rings. The van der Waals surface area contributed by atoms with E-state index in [1.165, 1.54) is 0 Å². The van der Waals surface area contributed by atoms with Gasteiger partial charge in [-0.25, -0.2) is 0 Å². The molecule has 1 atom stereocenters. The van der Waals surface area contributed by atoms with E-state index in [0.717, 1.165) is 19.4 Å². The topological polar surface area (TPSA) is 41.5 Å². The molecule has 0 spiro atoms. The van der Waals surface area contributed by atoms with Gasteiger partial charge in [0.1, 0.15) is 18.5 Å². The van der Waals surface area contributed by atoms with Crippen LogP contribution in [0.3, 0.4) is 0 Å². The molecule has 0 aliphatic carbocycles. The number of halogens is 1. The summed E-state index contributed by atoms with van der Waals surface area (Å²) in [5, 5.41) is 13.7. The molecule has 2 N–H and O–H groups in total. The molecule has 19 heavy (non-hydrogen) atoms. The van der Waals surface area contributed by atoms with Crippen molar-refractivity contribution >= 4 is 11.6 Å². The zero-order valence-electron chi connectivity index (χ0n) is 11.7. The van der Waals surface area contributed by atoms with Gasteiger partial charge in [-0.1, -0.05) is 50.4 Å². The second-order valence-electron chi connectivity index (χ2n) is 4.74. The molecule has 0 heterocycles. The summed E-state index contributed by atoms with van der Waals surface area (Å²) < 4.78 is 5.49. The van der Waals surface area contributed by atoms with E-state index in [2.05, 4.69) is 19.2 Å². The summed E-state index contributed by atoms with van der Waals surface area (Å²) in [6, 6.07) is 7.28. The van der Waals surface area contributed by atoms with E-state index in [9.17, 15) is 5.11 Å². The Morgan fingerprint density at radius 3 is 2.53 bits per heavy atom. The van der Waals surface area contributed by atoms with E-state index in [4.69, 9.17) is 16.3 Å². The number of ether oxygens (including phenoxy) is 1. The molecular weight excluding hydrogens is 262 g/mol. The lowest BCUT2D eigenvalue weighted by molar-refractivity contribution is 0.105. The number of hydrogen-bond acceptors (Lipinski definition) is 3. The van der Waals surface area contributed by atoms with Crippen LogP contribution in [0.5, 0.6) is 5.75 Å². The lowest BCUT2D eigenvalue weighted by Gasteiger charge is -2.17. The Kier molecular flexibility index (Phi) is 7.87. The number of nitrogens with one attached hydrogen (secondary N) is 1. The molecule has 0 aliphatic heterocycles. The molecule has 1 aromatic rings. The van der Waals surface area contributed by atoms with Crippen molar-refractivity contribution in [3.05, 3.63) is 29.3 Å². The summed E-state index contributed by atoms with van der Waals surface area (Å²) >= 11 is 5.97. The molecule has 0 bridgehead atoms. The Labute approximate surface area is 120 Å². The van der Waals surface area contributed by atoms with E-state index in [1.54, 1.807) is 12.1 Å². The number of aliphatic hydroxyl groups excluding tert-OH is 1. The third-order valence-electron chi connectivity index (χ3n) is 3.24. The van der Waals surface area contributed by atoms with E-state index in [1.807, 2.05) is 12.1 Å². The van der Waals surface area contributed by atoms with Gasteiger partial charge in [0.05, 0.1) is 5.02 Å². The predicted molar refractivity (Wildman–Crippen MR) is 79.9 cm³/mol. The maximum Gasteiger partial charge on any atom is 0.138 e. The van der Waals surface area contributed by atoms with Crippen LogP contribution in [0.2, 0.25) is 5.02 Å². The Hall–Kier alpha value is -0.770. The Morgan fingerprint density at radius 2 is 1.89 bits per heavy atom. The van der Waals surface area contributed by atoms with Crippen LogP contribution in [0.1, 0.15) is 26.7 Å². The first-order chi connectivity index (χ1) is 9.17. The van der Waals surface area contributed by atoms with Gasteiger partial charge in [0.25, 0.3) is 0 Å². The van der Waals surface area contributed by atoms with Gasteiger partial charge in [0, 0.05) is 6.54 Å². The summed E-state index contributed by atoms with van der Waals surface area (Å²) in [6.07, 6.45) is 1.80. The second kappa shape index (κ2) is 9.18. The SMILES string of the molecule is CCC(CC)CNCC(O)COc1ccccc1Cl. The summed E-state index contributed by atoms with van der Waals surface area (Å²) in [7, 11) is 0. The van der Waals surface area contributed by atoms with Crippen molar-refractivity contribution < 1.29 is 9.84 Å². The van der Waals surface area contributed by atoms with Crippen molar-refractivity contribution in [2.45, 2.75) is 32.8 Å². The monoisotopic (exact) mass is 285 g/mol. The zero-order valence-corrected chi connectivity index (χ0v) is 12.5. The number of hydrogen-bond donors (Lipinski definition) is 2. The second-order valence-corrected chi connectivity index (χ2v) is 5.14. The molecule has 0 radical (unpaired) electrons. The van der Waals surface area contributed by atoms with Gasteiger partial charge < -0.3 is 15.2 Å². The number of para-hydroxylation sites is 1. The zero-order chi connectivity index (χ0) is 14.1. The number of benzene rings is 1. The fourth-order valence-electron chi connectivity index (χ4n) is 1.84. The maximum atomic E-state index is 9.83. The van der Waals surface area contributed by atoms with Gasteiger partial charge in [-0.3, -0.25) is 0 Å². The maximum absolute atomic E-state index is 9.83. The van der Waals surface area contributed by atoms with Crippen molar-refractivity contribution in [3.63, 3.8) is 0 Å². The van der Waals surface area contributed by atoms with Gasteiger partial charge in [-0.05, 0) is 24.6 Å². The summed E-state index contributed by atoms with van der Waals surface area (Å²) in [4.78, 5) is 0. The van der Waals surface area contributed by atoms with Crippen LogP contribution in [0.15, 0.2) is 24.3 Å². The average molecular weight is 286 g/mol. The van der Waals surface area contributed by atoms with Crippen LogP contribution in [-0.4, -0.2) is 30.9 Å². The van der Waals surface area contributed by atoms with Crippen LogP contribution in [0.4, 0.5) is 0 Å². The van der Waals surface area contributed by atoms with Gasteiger partial charge >= 0.3 is 0 Å². The van der Waals surface area contributed by atoms with Gasteiger partial charge in [-0.15, -0.1) is 0 Å².